The molecule has 4 rings (SSSR count). The number of allylic oxidation sites excluding steroid dienone is 1. The van der Waals surface area contributed by atoms with Crippen molar-refractivity contribution in [3.63, 3.8) is 0 Å². The predicted octanol–water partition coefficient (Wildman–Crippen LogP) is 3.67. The smallest absolute Gasteiger partial charge is 0.262 e. The zero-order chi connectivity index (χ0) is 22.5. The minimum atomic E-state index is -0.111. The Kier molecular flexibility index (Phi) is 7.29. The van der Waals surface area contributed by atoms with E-state index in [1.54, 1.807) is 16.7 Å². The van der Waals surface area contributed by atoms with Crippen molar-refractivity contribution in [3.05, 3.63) is 82.1 Å². The number of fused-ring (bicyclic) bond motifs is 1. The molecule has 1 aliphatic heterocycles. The summed E-state index contributed by atoms with van der Waals surface area (Å²) in [5.74, 6) is 0.306. The summed E-state index contributed by atoms with van der Waals surface area (Å²) >= 11 is 7.39. The van der Waals surface area contributed by atoms with E-state index < -0.39 is 0 Å². The second kappa shape index (κ2) is 10.3. The van der Waals surface area contributed by atoms with Crippen molar-refractivity contribution >= 4 is 40.2 Å². The van der Waals surface area contributed by atoms with Gasteiger partial charge in [0.25, 0.3) is 5.56 Å². The lowest BCUT2D eigenvalue weighted by Gasteiger charge is -2.34. The molecule has 0 unspecified atom stereocenters. The Bertz CT molecular complexity index is 1190. The largest absolute Gasteiger partial charge is 0.339 e. The van der Waals surface area contributed by atoms with Gasteiger partial charge in [-0.05, 0) is 29.8 Å². The van der Waals surface area contributed by atoms with Crippen molar-refractivity contribution < 1.29 is 4.79 Å². The standard InChI is InChI=1S/C24H25ClN4O2S/c1-2-10-29-23(31)20-8-3-4-9-21(20)26-24(29)32-17-22(30)28-13-11-27(12-14-28)16-18-6-5-7-19(25)15-18/h2-9,15H,1,10-14,16-17H2. The van der Waals surface area contributed by atoms with Gasteiger partial charge in [0.05, 0.1) is 16.7 Å². The maximum Gasteiger partial charge on any atom is 0.262 e. The number of thioether (sulfide) groups is 1. The molecule has 1 aromatic heterocycles. The van der Waals surface area contributed by atoms with Gasteiger partial charge in [0.1, 0.15) is 0 Å². The lowest BCUT2D eigenvalue weighted by atomic mass is 10.2. The molecule has 0 spiro atoms. The van der Waals surface area contributed by atoms with Crippen LogP contribution in [0.25, 0.3) is 10.9 Å². The van der Waals surface area contributed by atoms with Crippen LogP contribution in [0.2, 0.25) is 5.02 Å². The second-order valence-corrected chi connectivity index (χ2v) is 9.07. The molecule has 0 aliphatic carbocycles. The average molecular weight is 469 g/mol. The number of rotatable bonds is 7. The zero-order valence-electron chi connectivity index (χ0n) is 17.7. The van der Waals surface area contributed by atoms with Crippen LogP contribution < -0.4 is 5.56 Å². The molecule has 32 heavy (non-hydrogen) atoms. The molecule has 166 valence electrons. The number of nitrogens with zero attached hydrogens (tertiary/aromatic N) is 4. The predicted molar refractivity (Wildman–Crippen MR) is 130 cm³/mol. The third kappa shape index (κ3) is 5.23. The van der Waals surface area contributed by atoms with E-state index in [1.807, 2.05) is 41.3 Å². The molecule has 1 fully saturated rings. The molecule has 2 aromatic carbocycles. The summed E-state index contributed by atoms with van der Waals surface area (Å²) in [6.07, 6.45) is 1.67. The highest BCUT2D eigenvalue weighted by Gasteiger charge is 2.22. The molecule has 1 amide bonds. The first-order chi connectivity index (χ1) is 15.5. The van der Waals surface area contributed by atoms with Crippen molar-refractivity contribution in [3.8, 4) is 0 Å². The normalized spacial score (nSPS) is 14.6. The van der Waals surface area contributed by atoms with Crippen LogP contribution in [0.3, 0.4) is 0 Å². The lowest BCUT2D eigenvalue weighted by Crippen LogP contribution is -2.48. The van der Waals surface area contributed by atoms with Crippen LogP contribution >= 0.6 is 23.4 Å². The molecule has 0 atom stereocenters. The van der Waals surface area contributed by atoms with Gasteiger partial charge in [0.2, 0.25) is 5.91 Å². The molecule has 0 saturated carbocycles. The van der Waals surface area contributed by atoms with E-state index >= 15 is 0 Å². The van der Waals surface area contributed by atoms with Crippen LogP contribution in [0.15, 0.2) is 71.1 Å². The minimum absolute atomic E-state index is 0.0602. The van der Waals surface area contributed by atoms with E-state index in [9.17, 15) is 9.59 Å². The number of para-hydroxylation sites is 1. The second-order valence-electron chi connectivity index (χ2n) is 7.69. The first-order valence-electron chi connectivity index (χ1n) is 10.5. The molecular formula is C24H25ClN4O2S. The first-order valence-corrected chi connectivity index (χ1v) is 11.9. The summed E-state index contributed by atoms with van der Waals surface area (Å²) in [5.41, 5.74) is 1.71. The van der Waals surface area contributed by atoms with E-state index in [1.165, 1.54) is 17.3 Å². The number of benzene rings is 2. The number of carbonyl (C=O) groups is 1. The number of piperazine rings is 1. The Hall–Kier alpha value is -2.61. The minimum Gasteiger partial charge on any atom is -0.339 e. The Morgan fingerprint density at radius 2 is 1.91 bits per heavy atom. The highest BCUT2D eigenvalue weighted by Crippen LogP contribution is 2.19. The van der Waals surface area contributed by atoms with E-state index in [2.05, 4.69) is 22.5 Å². The van der Waals surface area contributed by atoms with Crippen LogP contribution in [0.1, 0.15) is 5.56 Å². The fourth-order valence-corrected chi connectivity index (χ4v) is 4.94. The van der Waals surface area contributed by atoms with Crippen molar-refractivity contribution in [2.24, 2.45) is 0 Å². The average Bonchev–Trinajstić information content (AvgIpc) is 2.80. The van der Waals surface area contributed by atoms with Gasteiger partial charge >= 0.3 is 0 Å². The van der Waals surface area contributed by atoms with E-state index in [-0.39, 0.29) is 17.2 Å². The molecule has 1 saturated heterocycles. The Balaban J connectivity index is 1.37. The quantitative estimate of drug-likeness (QED) is 0.301. The molecule has 6 nitrogen and oxygen atoms in total. The molecule has 0 radical (unpaired) electrons. The SMILES string of the molecule is C=CCn1c(SCC(=O)N2CCN(Cc3cccc(Cl)c3)CC2)nc2ccccc2c1=O. The maximum absolute atomic E-state index is 12.8. The van der Waals surface area contributed by atoms with E-state index in [0.29, 0.717) is 35.7 Å². The molecule has 2 heterocycles. The van der Waals surface area contributed by atoms with Crippen molar-refractivity contribution in [1.82, 2.24) is 19.4 Å². The van der Waals surface area contributed by atoms with Crippen LogP contribution in [0.4, 0.5) is 0 Å². The zero-order valence-corrected chi connectivity index (χ0v) is 19.3. The van der Waals surface area contributed by atoms with Gasteiger partial charge in [-0.3, -0.25) is 19.1 Å². The number of amides is 1. The first kappa shape index (κ1) is 22.6. The van der Waals surface area contributed by atoms with Crippen LogP contribution in [-0.4, -0.2) is 57.2 Å². The van der Waals surface area contributed by atoms with Gasteiger partial charge in [-0.1, -0.05) is 53.7 Å². The Morgan fingerprint density at radius 1 is 1.12 bits per heavy atom. The van der Waals surface area contributed by atoms with Gasteiger partial charge in [-0.25, -0.2) is 4.98 Å². The third-order valence-corrected chi connectivity index (χ3v) is 6.68. The number of aromatic nitrogens is 2. The summed E-state index contributed by atoms with van der Waals surface area (Å²) in [6, 6.07) is 15.2. The van der Waals surface area contributed by atoms with Gasteiger partial charge in [-0.2, -0.15) is 0 Å². The number of carbonyl (C=O) groups excluding carboxylic acids is 1. The van der Waals surface area contributed by atoms with Gasteiger partial charge in [-0.15, -0.1) is 6.58 Å². The topological polar surface area (TPSA) is 58.4 Å². The number of hydrogen-bond acceptors (Lipinski definition) is 5. The molecule has 3 aromatic rings. The third-order valence-electron chi connectivity index (χ3n) is 5.48. The summed E-state index contributed by atoms with van der Waals surface area (Å²) in [5, 5.41) is 1.85. The fraction of sp³-hybridized carbons (Fsp3) is 0.292. The molecule has 1 aliphatic rings. The van der Waals surface area contributed by atoms with Gasteiger partial charge in [0.15, 0.2) is 5.16 Å². The monoisotopic (exact) mass is 468 g/mol. The number of hydrogen-bond donors (Lipinski definition) is 0. The van der Waals surface area contributed by atoms with Gasteiger partial charge < -0.3 is 4.90 Å². The Labute approximate surface area is 196 Å². The maximum atomic E-state index is 12.8. The van der Waals surface area contributed by atoms with Crippen LogP contribution in [0.5, 0.6) is 0 Å². The summed E-state index contributed by atoms with van der Waals surface area (Å²) in [7, 11) is 0. The van der Waals surface area contributed by atoms with Crippen molar-refractivity contribution in [2.45, 2.75) is 18.2 Å². The Morgan fingerprint density at radius 3 is 2.66 bits per heavy atom. The lowest BCUT2D eigenvalue weighted by molar-refractivity contribution is -0.130. The van der Waals surface area contributed by atoms with Crippen LogP contribution in [-0.2, 0) is 17.9 Å². The summed E-state index contributed by atoms with van der Waals surface area (Å²) in [4.78, 5) is 34.5. The molecular weight excluding hydrogens is 444 g/mol. The van der Waals surface area contributed by atoms with Crippen LogP contribution in [0, 0.1) is 0 Å². The highest BCUT2D eigenvalue weighted by atomic mass is 35.5. The highest BCUT2D eigenvalue weighted by molar-refractivity contribution is 7.99. The molecule has 8 heteroatoms. The van der Waals surface area contributed by atoms with Crippen molar-refractivity contribution in [1.29, 1.82) is 0 Å². The van der Waals surface area contributed by atoms with E-state index in [4.69, 9.17) is 11.6 Å². The summed E-state index contributed by atoms with van der Waals surface area (Å²) < 4.78 is 1.58. The van der Waals surface area contributed by atoms with Crippen molar-refractivity contribution in [2.75, 3.05) is 31.9 Å². The van der Waals surface area contributed by atoms with E-state index in [0.717, 1.165) is 24.7 Å². The number of halogens is 1. The fourth-order valence-electron chi connectivity index (χ4n) is 3.81. The summed E-state index contributed by atoms with van der Waals surface area (Å²) in [6.45, 7) is 7.93. The van der Waals surface area contributed by atoms with Gasteiger partial charge in [0, 0.05) is 44.3 Å². The molecule has 0 N–H and O–H groups in total. The molecule has 0 bridgehead atoms.